The number of rotatable bonds is 7. The zero-order chi connectivity index (χ0) is 35.8. The first-order chi connectivity index (χ1) is 26.8. The fourth-order valence-electron chi connectivity index (χ4n) is 7.93. The van der Waals surface area contributed by atoms with Crippen molar-refractivity contribution in [3.63, 3.8) is 0 Å². The second-order valence-corrected chi connectivity index (χ2v) is 13.7. The van der Waals surface area contributed by atoms with Crippen LogP contribution in [0.25, 0.3) is 77.2 Å². The average Bonchev–Trinajstić information content (AvgIpc) is 3.64. The van der Waals surface area contributed by atoms with Crippen LogP contribution in [0.4, 0.5) is 17.1 Å². The van der Waals surface area contributed by atoms with Crippen LogP contribution in [-0.4, -0.2) is 0 Å². The van der Waals surface area contributed by atoms with Crippen molar-refractivity contribution < 1.29 is 4.42 Å². The third kappa shape index (κ3) is 5.62. The Morgan fingerprint density at radius 1 is 0.315 bits per heavy atom. The summed E-state index contributed by atoms with van der Waals surface area (Å²) in [6.07, 6.45) is 0. The number of nitrogens with zero attached hydrogens (tertiary/aromatic N) is 1. The molecule has 10 aromatic rings. The summed E-state index contributed by atoms with van der Waals surface area (Å²) in [6, 6.07) is 75.9. The van der Waals surface area contributed by atoms with Crippen LogP contribution in [0.15, 0.2) is 217 Å². The highest BCUT2D eigenvalue weighted by molar-refractivity contribution is 6.12. The van der Waals surface area contributed by atoms with E-state index in [1.165, 1.54) is 38.6 Å². The van der Waals surface area contributed by atoms with Crippen molar-refractivity contribution in [2.45, 2.75) is 0 Å². The van der Waals surface area contributed by atoms with Gasteiger partial charge in [0.1, 0.15) is 11.2 Å². The lowest BCUT2D eigenvalue weighted by Crippen LogP contribution is -2.11. The van der Waals surface area contributed by atoms with Crippen LogP contribution in [0, 0.1) is 0 Å². The number of anilines is 3. The minimum atomic E-state index is 0.900. The third-order valence-corrected chi connectivity index (χ3v) is 10.5. The lowest BCUT2D eigenvalue weighted by atomic mass is 9.95. The molecule has 2 nitrogen and oxygen atoms in total. The molecule has 54 heavy (non-hydrogen) atoms. The summed E-state index contributed by atoms with van der Waals surface area (Å²) in [7, 11) is 0. The second kappa shape index (κ2) is 13.4. The normalized spacial score (nSPS) is 11.3. The van der Waals surface area contributed by atoms with Gasteiger partial charge in [-0.15, -0.1) is 0 Å². The van der Waals surface area contributed by atoms with Crippen molar-refractivity contribution in [3.05, 3.63) is 212 Å². The van der Waals surface area contributed by atoms with Crippen molar-refractivity contribution in [1.29, 1.82) is 0 Å². The number of furan rings is 1. The van der Waals surface area contributed by atoms with Crippen LogP contribution in [0.3, 0.4) is 0 Å². The van der Waals surface area contributed by atoms with E-state index in [0.717, 1.165) is 55.7 Å². The summed E-state index contributed by atoms with van der Waals surface area (Å²) in [6.45, 7) is 0. The Labute approximate surface area is 314 Å². The summed E-state index contributed by atoms with van der Waals surface area (Å²) in [5.74, 6) is 0. The third-order valence-electron chi connectivity index (χ3n) is 10.5. The fourth-order valence-corrected chi connectivity index (χ4v) is 7.93. The molecular formula is C52H35NO. The molecule has 254 valence electrons. The number of benzene rings is 9. The summed E-state index contributed by atoms with van der Waals surface area (Å²) < 4.78 is 6.24. The molecule has 10 rings (SSSR count). The van der Waals surface area contributed by atoms with Crippen LogP contribution >= 0.6 is 0 Å². The van der Waals surface area contributed by atoms with Gasteiger partial charge >= 0.3 is 0 Å². The molecule has 0 saturated carbocycles. The molecule has 0 unspecified atom stereocenters. The molecule has 0 aliphatic carbocycles. The summed E-state index contributed by atoms with van der Waals surface area (Å²) in [5.41, 5.74) is 14.5. The molecule has 0 spiro atoms. The second-order valence-electron chi connectivity index (χ2n) is 13.7. The topological polar surface area (TPSA) is 16.4 Å². The van der Waals surface area contributed by atoms with E-state index in [-0.39, 0.29) is 0 Å². The molecule has 0 amide bonds. The highest BCUT2D eigenvalue weighted by Gasteiger charge is 2.19. The summed E-state index contributed by atoms with van der Waals surface area (Å²) in [4.78, 5) is 2.39. The van der Waals surface area contributed by atoms with Gasteiger partial charge in [-0.2, -0.15) is 0 Å². The Morgan fingerprint density at radius 3 is 1.78 bits per heavy atom. The monoisotopic (exact) mass is 689 g/mol. The minimum Gasteiger partial charge on any atom is -0.456 e. The van der Waals surface area contributed by atoms with Crippen LogP contribution in [0.2, 0.25) is 0 Å². The standard InChI is InChI=1S/C52H35NO/c1-2-14-37(15-3-1)46-23-6-8-27-49(46)53(42-32-30-38(31-33-42)47-26-13-29-51-52(47)48-24-7-9-28-50(48)54-51)43-21-11-19-40(35-43)39-18-10-20-41(34-39)45-25-12-17-36-16-4-5-22-44(36)45/h1-35H. The maximum atomic E-state index is 6.24. The number of hydrogen-bond acceptors (Lipinski definition) is 2. The summed E-state index contributed by atoms with van der Waals surface area (Å²) in [5, 5.41) is 4.78. The van der Waals surface area contributed by atoms with Crippen LogP contribution < -0.4 is 4.90 Å². The van der Waals surface area contributed by atoms with Gasteiger partial charge in [-0.3, -0.25) is 0 Å². The van der Waals surface area contributed by atoms with Gasteiger partial charge in [-0.05, 0) is 98.2 Å². The van der Waals surface area contributed by atoms with E-state index in [0.29, 0.717) is 0 Å². The van der Waals surface area contributed by atoms with Crippen molar-refractivity contribution in [3.8, 4) is 44.5 Å². The van der Waals surface area contributed by atoms with Gasteiger partial charge in [-0.1, -0.05) is 164 Å². The predicted molar refractivity (Wildman–Crippen MR) is 228 cm³/mol. The molecule has 0 N–H and O–H groups in total. The first-order valence-electron chi connectivity index (χ1n) is 18.4. The van der Waals surface area contributed by atoms with Gasteiger partial charge in [0, 0.05) is 27.7 Å². The van der Waals surface area contributed by atoms with E-state index in [9.17, 15) is 0 Å². The minimum absolute atomic E-state index is 0.900. The Morgan fingerprint density at radius 2 is 0.889 bits per heavy atom. The van der Waals surface area contributed by atoms with E-state index >= 15 is 0 Å². The first-order valence-corrected chi connectivity index (χ1v) is 18.4. The van der Waals surface area contributed by atoms with Crippen molar-refractivity contribution in [2.75, 3.05) is 4.90 Å². The van der Waals surface area contributed by atoms with E-state index in [1.807, 2.05) is 12.1 Å². The molecule has 0 bridgehead atoms. The van der Waals surface area contributed by atoms with Crippen molar-refractivity contribution in [1.82, 2.24) is 0 Å². The highest BCUT2D eigenvalue weighted by Crippen LogP contribution is 2.43. The Balaban J connectivity index is 1.10. The van der Waals surface area contributed by atoms with Crippen molar-refractivity contribution >= 4 is 49.8 Å². The van der Waals surface area contributed by atoms with E-state index < -0.39 is 0 Å². The Kier molecular flexibility index (Phi) is 7.85. The molecule has 0 atom stereocenters. The maximum Gasteiger partial charge on any atom is 0.136 e. The molecule has 0 radical (unpaired) electrons. The number of para-hydroxylation sites is 2. The Bertz CT molecular complexity index is 2930. The molecular weight excluding hydrogens is 655 g/mol. The smallest absolute Gasteiger partial charge is 0.136 e. The summed E-state index contributed by atoms with van der Waals surface area (Å²) >= 11 is 0. The van der Waals surface area contributed by atoms with Gasteiger partial charge in [0.05, 0.1) is 5.69 Å². The fraction of sp³-hybridized carbons (Fsp3) is 0. The molecule has 1 heterocycles. The van der Waals surface area contributed by atoms with Crippen molar-refractivity contribution in [2.24, 2.45) is 0 Å². The molecule has 0 fully saturated rings. The van der Waals surface area contributed by atoms with Crippen LogP contribution in [0.1, 0.15) is 0 Å². The average molecular weight is 690 g/mol. The maximum absolute atomic E-state index is 6.24. The quantitative estimate of drug-likeness (QED) is 0.166. The number of hydrogen-bond donors (Lipinski definition) is 0. The predicted octanol–water partition coefficient (Wildman–Crippen LogP) is 14.9. The van der Waals surface area contributed by atoms with E-state index in [4.69, 9.17) is 4.42 Å². The first kappa shape index (κ1) is 31.6. The highest BCUT2D eigenvalue weighted by atomic mass is 16.3. The van der Waals surface area contributed by atoms with E-state index in [2.05, 4.69) is 205 Å². The van der Waals surface area contributed by atoms with Gasteiger partial charge in [0.2, 0.25) is 0 Å². The molecule has 0 aliphatic rings. The molecule has 0 aliphatic heterocycles. The molecule has 0 saturated heterocycles. The van der Waals surface area contributed by atoms with Gasteiger partial charge in [0.25, 0.3) is 0 Å². The van der Waals surface area contributed by atoms with E-state index in [1.54, 1.807) is 0 Å². The molecule has 1 aromatic heterocycles. The zero-order valence-electron chi connectivity index (χ0n) is 29.6. The molecule has 2 heteroatoms. The van der Waals surface area contributed by atoms with Crippen LogP contribution in [0.5, 0.6) is 0 Å². The van der Waals surface area contributed by atoms with Gasteiger partial charge < -0.3 is 9.32 Å². The number of fused-ring (bicyclic) bond motifs is 4. The van der Waals surface area contributed by atoms with Crippen LogP contribution in [-0.2, 0) is 0 Å². The lowest BCUT2D eigenvalue weighted by Gasteiger charge is -2.28. The molecule has 9 aromatic carbocycles. The largest absolute Gasteiger partial charge is 0.456 e. The van der Waals surface area contributed by atoms with Gasteiger partial charge in [0.15, 0.2) is 0 Å². The SMILES string of the molecule is c1ccc(-c2ccccc2N(c2ccc(-c3cccc4oc5ccccc5c34)cc2)c2cccc(-c3cccc(-c4cccc5ccccc45)c3)c2)cc1. The lowest BCUT2D eigenvalue weighted by molar-refractivity contribution is 0.669. The Hall–Kier alpha value is -7.16. The zero-order valence-corrected chi connectivity index (χ0v) is 29.6. The van der Waals surface area contributed by atoms with Gasteiger partial charge in [-0.25, -0.2) is 0 Å².